The van der Waals surface area contributed by atoms with Gasteiger partial charge >= 0.3 is 0 Å². The summed E-state index contributed by atoms with van der Waals surface area (Å²) < 4.78 is 2.83. The molecular weight excluding hydrogens is 380 g/mol. The zero-order chi connectivity index (χ0) is 18.4. The molecule has 4 heterocycles. The van der Waals surface area contributed by atoms with Crippen LogP contribution in [0, 0.1) is 0 Å². The van der Waals surface area contributed by atoms with Crippen molar-refractivity contribution < 1.29 is 4.79 Å². The number of carbonyl (C=O) groups is 1. The summed E-state index contributed by atoms with van der Waals surface area (Å²) in [5.41, 5.74) is 1.04. The number of para-hydroxylation sites is 1. The fraction of sp³-hybridized carbons (Fsp3) is 0.368. The average Bonchev–Trinajstić information content (AvgIpc) is 3.35. The zero-order valence-electron chi connectivity index (χ0n) is 14.6. The molecule has 0 spiro atoms. The van der Waals surface area contributed by atoms with E-state index in [0.717, 1.165) is 29.1 Å². The minimum Gasteiger partial charge on any atom is -0.338 e. The van der Waals surface area contributed by atoms with Crippen LogP contribution in [0.4, 0.5) is 0 Å². The van der Waals surface area contributed by atoms with E-state index >= 15 is 0 Å². The molecule has 27 heavy (non-hydrogen) atoms. The highest BCUT2D eigenvalue weighted by Gasteiger charge is 2.29. The van der Waals surface area contributed by atoms with Crippen LogP contribution in [0.3, 0.4) is 0 Å². The molecular formula is C19H18N4O2S2. The highest BCUT2D eigenvalue weighted by molar-refractivity contribution is 7.99. The van der Waals surface area contributed by atoms with E-state index in [9.17, 15) is 9.59 Å². The van der Waals surface area contributed by atoms with Gasteiger partial charge in [-0.05, 0) is 25.0 Å². The van der Waals surface area contributed by atoms with Crippen LogP contribution < -0.4 is 5.56 Å². The SMILES string of the molecule is O=C(c1cnc2n(c1=O)CCS2)N1CCC(c2nc3ccccc3s2)CC1. The van der Waals surface area contributed by atoms with Crippen LogP contribution in [0.15, 0.2) is 40.4 Å². The van der Waals surface area contributed by atoms with Crippen molar-refractivity contribution in [3.63, 3.8) is 0 Å². The Hall–Kier alpha value is -2.19. The lowest BCUT2D eigenvalue weighted by Gasteiger charge is -2.31. The normalized spacial score (nSPS) is 17.4. The number of benzene rings is 1. The Morgan fingerprint density at radius 2 is 1.96 bits per heavy atom. The number of rotatable bonds is 2. The second-order valence-corrected chi connectivity index (χ2v) is 8.97. The number of fused-ring (bicyclic) bond motifs is 2. The standard InChI is InChI=1S/C19H18N4O2S2/c24-17(13-11-20-19-23(18(13)25)9-10-26-19)22-7-5-12(6-8-22)16-21-14-3-1-2-4-15(14)27-16/h1-4,11-12H,5-10H2. The van der Waals surface area contributed by atoms with Gasteiger partial charge in [0, 0.05) is 37.5 Å². The quantitative estimate of drug-likeness (QED) is 0.621. The molecule has 2 aliphatic rings. The number of thioether (sulfide) groups is 1. The first-order chi connectivity index (χ1) is 13.2. The van der Waals surface area contributed by atoms with Crippen LogP contribution >= 0.6 is 23.1 Å². The smallest absolute Gasteiger partial charge is 0.267 e. The fourth-order valence-corrected chi connectivity index (χ4v) is 5.78. The summed E-state index contributed by atoms with van der Waals surface area (Å²) >= 11 is 3.30. The summed E-state index contributed by atoms with van der Waals surface area (Å²) in [4.78, 5) is 36.3. The van der Waals surface area contributed by atoms with Gasteiger partial charge in [0.1, 0.15) is 5.56 Å². The maximum atomic E-state index is 12.9. The van der Waals surface area contributed by atoms with E-state index in [1.807, 2.05) is 18.2 Å². The highest BCUT2D eigenvalue weighted by atomic mass is 32.2. The van der Waals surface area contributed by atoms with Crippen LogP contribution in [0.2, 0.25) is 0 Å². The molecule has 0 bridgehead atoms. The predicted molar refractivity (Wildman–Crippen MR) is 107 cm³/mol. The molecule has 2 aromatic heterocycles. The molecule has 1 fully saturated rings. The number of carbonyl (C=O) groups excluding carboxylic acids is 1. The first-order valence-corrected chi connectivity index (χ1v) is 10.9. The molecule has 1 saturated heterocycles. The van der Waals surface area contributed by atoms with E-state index in [0.29, 0.717) is 30.7 Å². The lowest BCUT2D eigenvalue weighted by molar-refractivity contribution is 0.0709. The fourth-order valence-electron chi connectivity index (χ4n) is 3.73. The number of piperidine rings is 1. The molecule has 3 aromatic rings. The van der Waals surface area contributed by atoms with Crippen molar-refractivity contribution in [2.24, 2.45) is 0 Å². The molecule has 0 unspecified atom stereocenters. The minimum atomic E-state index is -0.205. The van der Waals surface area contributed by atoms with Crippen LogP contribution in [-0.4, -0.2) is 44.2 Å². The van der Waals surface area contributed by atoms with Gasteiger partial charge in [-0.2, -0.15) is 0 Å². The Morgan fingerprint density at radius 3 is 2.78 bits per heavy atom. The first kappa shape index (κ1) is 16.9. The van der Waals surface area contributed by atoms with E-state index in [4.69, 9.17) is 4.98 Å². The second-order valence-electron chi connectivity index (χ2n) is 6.85. The van der Waals surface area contributed by atoms with Gasteiger partial charge in [0.15, 0.2) is 5.16 Å². The molecule has 0 saturated carbocycles. The average molecular weight is 399 g/mol. The Kier molecular flexibility index (Phi) is 4.24. The number of likely N-dealkylation sites (tertiary alicyclic amines) is 1. The van der Waals surface area contributed by atoms with Crippen LogP contribution in [0.25, 0.3) is 10.2 Å². The third-order valence-corrected chi connectivity index (χ3v) is 7.40. The molecule has 6 nitrogen and oxygen atoms in total. The monoisotopic (exact) mass is 398 g/mol. The lowest BCUT2D eigenvalue weighted by Crippen LogP contribution is -2.41. The highest BCUT2D eigenvalue weighted by Crippen LogP contribution is 2.34. The summed E-state index contributed by atoms with van der Waals surface area (Å²) in [6, 6.07) is 8.18. The largest absolute Gasteiger partial charge is 0.338 e. The molecule has 2 aliphatic heterocycles. The van der Waals surface area contributed by atoms with Crippen molar-refractivity contribution in [3.05, 3.63) is 51.4 Å². The van der Waals surface area contributed by atoms with Crippen LogP contribution in [0.5, 0.6) is 0 Å². The molecule has 0 atom stereocenters. The lowest BCUT2D eigenvalue weighted by atomic mass is 9.97. The summed E-state index contributed by atoms with van der Waals surface area (Å²) in [5.74, 6) is 1.03. The predicted octanol–water partition coefficient (Wildman–Crippen LogP) is 2.98. The summed E-state index contributed by atoms with van der Waals surface area (Å²) in [6.07, 6.45) is 3.21. The third-order valence-electron chi connectivity index (χ3n) is 5.23. The number of hydrogen-bond acceptors (Lipinski definition) is 6. The van der Waals surface area contributed by atoms with Crippen LogP contribution in [0.1, 0.15) is 34.1 Å². The van der Waals surface area contributed by atoms with Crippen LogP contribution in [-0.2, 0) is 6.54 Å². The molecule has 5 rings (SSSR count). The number of aromatic nitrogens is 3. The van der Waals surface area contributed by atoms with Crippen molar-refractivity contribution in [3.8, 4) is 0 Å². The second kappa shape index (κ2) is 6.76. The van der Waals surface area contributed by atoms with Crippen molar-refractivity contribution in [1.29, 1.82) is 0 Å². The molecule has 0 N–H and O–H groups in total. The molecule has 8 heteroatoms. The van der Waals surface area contributed by atoms with Gasteiger partial charge in [0.2, 0.25) is 0 Å². The minimum absolute atomic E-state index is 0.192. The van der Waals surface area contributed by atoms with E-state index in [1.165, 1.54) is 10.9 Å². The molecule has 0 radical (unpaired) electrons. The van der Waals surface area contributed by atoms with Gasteiger partial charge in [-0.15, -0.1) is 11.3 Å². The van der Waals surface area contributed by atoms with E-state index < -0.39 is 0 Å². The summed E-state index contributed by atoms with van der Waals surface area (Å²) in [5, 5.41) is 1.87. The van der Waals surface area contributed by atoms with Gasteiger partial charge in [0.05, 0.1) is 15.2 Å². The van der Waals surface area contributed by atoms with Gasteiger partial charge < -0.3 is 4.90 Å². The number of thiazole rings is 1. The number of hydrogen-bond donors (Lipinski definition) is 0. The first-order valence-electron chi connectivity index (χ1n) is 9.08. The summed E-state index contributed by atoms with van der Waals surface area (Å²) in [6.45, 7) is 1.93. The van der Waals surface area contributed by atoms with Gasteiger partial charge in [-0.25, -0.2) is 9.97 Å². The maximum Gasteiger partial charge on any atom is 0.267 e. The number of nitrogens with zero attached hydrogens (tertiary/aromatic N) is 4. The zero-order valence-corrected chi connectivity index (χ0v) is 16.3. The van der Waals surface area contributed by atoms with Crippen molar-refractivity contribution in [2.75, 3.05) is 18.8 Å². The molecule has 138 valence electrons. The Morgan fingerprint density at radius 1 is 1.15 bits per heavy atom. The Bertz CT molecular complexity index is 1050. The molecule has 1 aromatic carbocycles. The van der Waals surface area contributed by atoms with Gasteiger partial charge in [-0.1, -0.05) is 23.9 Å². The van der Waals surface area contributed by atoms with Gasteiger partial charge in [0.25, 0.3) is 11.5 Å². The van der Waals surface area contributed by atoms with Crippen molar-refractivity contribution in [1.82, 2.24) is 19.4 Å². The molecule has 0 aliphatic carbocycles. The van der Waals surface area contributed by atoms with Crippen molar-refractivity contribution >= 4 is 39.2 Å². The third kappa shape index (κ3) is 2.96. The van der Waals surface area contributed by atoms with E-state index in [-0.39, 0.29) is 17.0 Å². The Balaban J connectivity index is 1.32. The van der Waals surface area contributed by atoms with Crippen molar-refractivity contribution in [2.45, 2.75) is 30.5 Å². The maximum absolute atomic E-state index is 12.9. The van der Waals surface area contributed by atoms with Gasteiger partial charge in [-0.3, -0.25) is 14.2 Å². The van der Waals surface area contributed by atoms with E-state index in [1.54, 1.807) is 32.6 Å². The van der Waals surface area contributed by atoms with E-state index in [2.05, 4.69) is 11.1 Å². The topological polar surface area (TPSA) is 68.1 Å². The molecule has 1 amide bonds. The summed E-state index contributed by atoms with van der Waals surface area (Å²) in [7, 11) is 0. The Labute approximate surface area is 164 Å². The number of amides is 1.